The molecule has 156 valence electrons. The number of thiophene rings is 1. The maximum absolute atomic E-state index is 13.3. The van der Waals surface area contributed by atoms with Crippen molar-refractivity contribution in [3.05, 3.63) is 16.0 Å². The summed E-state index contributed by atoms with van der Waals surface area (Å²) in [4.78, 5) is 39.4. The molecule has 2 bridgehead atoms. The number of aryl methyl sites for hydroxylation is 1. The topological polar surface area (TPSA) is 95.5 Å². The minimum Gasteiger partial charge on any atom is -0.481 e. The molecular formula is C22H28N2O4S. The van der Waals surface area contributed by atoms with Crippen LogP contribution in [-0.4, -0.2) is 28.9 Å². The normalized spacial score (nSPS) is 30.5. The molecule has 0 saturated heterocycles. The first-order chi connectivity index (χ1) is 14.0. The van der Waals surface area contributed by atoms with Crippen LogP contribution in [-0.2, 0) is 22.4 Å². The van der Waals surface area contributed by atoms with E-state index in [0.29, 0.717) is 10.6 Å². The van der Waals surface area contributed by atoms with Crippen LogP contribution in [0.5, 0.6) is 0 Å². The van der Waals surface area contributed by atoms with Crippen molar-refractivity contribution in [2.75, 3.05) is 5.32 Å². The van der Waals surface area contributed by atoms with Crippen LogP contribution in [0.4, 0.5) is 5.00 Å². The van der Waals surface area contributed by atoms with Gasteiger partial charge in [-0.25, -0.2) is 0 Å². The first-order valence-corrected chi connectivity index (χ1v) is 11.8. The lowest BCUT2D eigenvalue weighted by Gasteiger charge is -2.45. The third kappa shape index (κ3) is 3.47. The monoisotopic (exact) mass is 416 g/mol. The van der Waals surface area contributed by atoms with E-state index in [1.54, 1.807) is 0 Å². The Morgan fingerprint density at radius 1 is 0.897 bits per heavy atom. The Balaban J connectivity index is 1.43. The summed E-state index contributed by atoms with van der Waals surface area (Å²) in [6.45, 7) is 0. The molecule has 2 amide bonds. The quantitative estimate of drug-likeness (QED) is 0.683. The van der Waals surface area contributed by atoms with Gasteiger partial charge in [-0.1, -0.05) is 0 Å². The number of carboxylic acids is 1. The van der Waals surface area contributed by atoms with Gasteiger partial charge in [-0.15, -0.1) is 11.3 Å². The fourth-order valence-corrected chi connectivity index (χ4v) is 7.05. The van der Waals surface area contributed by atoms with Crippen molar-refractivity contribution in [1.29, 1.82) is 0 Å². The summed E-state index contributed by atoms with van der Waals surface area (Å²) in [6, 6.07) is 0.260. The van der Waals surface area contributed by atoms with Gasteiger partial charge in [0.15, 0.2) is 0 Å². The minimum absolute atomic E-state index is 0.0813. The van der Waals surface area contributed by atoms with Crippen LogP contribution in [0.2, 0.25) is 0 Å². The molecule has 2 atom stereocenters. The molecule has 0 aliphatic heterocycles. The minimum atomic E-state index is -0.850. The van der Waals surface area contributed by atoms with E-state index in [2.05, 4.69) is 10.6 Å². The summed E-state index contributed by atoms with van der Waals surface area (Å²) in [5, 5.41) is 16.5. The molecule has 5 aliphatic rings. The second-order valence-corrected chi connectivity index (χ2v) is 10.3. The van der Waals surface area contributed by atoms with Crippen molar-refractivity contribution < 1.29 is 19.5 Å². The molecule has 0 spiro atoms. The molecule has 0 unspecified atom stereocenters. The van der Waals surface area contributed by atoms with Gasteiger partial charge in [0.1, 0.15) is 5.00 Å². The van der Waals surface area contributed by atoms with Gasteiger partial charge in [0, 0.05) is 10.9 Å². The van der Waals surface area contributed by atoms with Crippen LogP contribution >= 0.6 is 11.3 Å². The molecule has 1 aromatic heterocycles. The molecule has 0 radical (unpaired) electrons. The number of amides is 2. The van der Waals surface area contributed by atoms with E-state index < -0.39 is 17.8 Å². The van der Waals surface area contributed by atoms with E-state index in [1.807, 2.05) is 0 Å². The lowest BCUT2D eigenvalue weighted by molar-refractivity contribution is -0.156. The van der Waals surface area contributed by atoms with E-state index in [0.717, 1.165) is 69.8 Å². The van der Waals surface area contributed by atoms with E-state index in [4.69, 9.17) is 0 Å². The fourth-order valence-electron chi connectivity index (χ4n) is 5.76. The Kier molecular flexibility index (Phi) is 4.88. The number of hydrogen-bond acceptors (Lipinski definition) is 4. The lowest BCUT2D eigenvalue weighted by atomic mass is 9.58. The molecule has 4 fully saturated rings. The van der Waals surface area contributed by atoms with Crippen molar-refractivity contribution in [1.82, 2.24) is 5.32 Å². The fraction of sp³-hybridized carbons (Fsp3) is 0.682. The van der Waals surface area contributed by atoms with Gasteiger partial charge in [-0.3, -0.25) is 14.4 Å². The summed E-state index contributed by atoms with van der Waals surface area (Å²) in [5.74, 6) is -1.98. The predicted molar refractivity (Wildman–Crippen MR) is 110 cm³/mol. The highest BCUT2D eigenvalue weighted by Crippen LogP contribution is 2.50. The third-order valence-electron chi connectivity index (χ3n) is 7.35. The second-order valence-electron chi connectivity index (χ2n) is 9.22. The highest BCUT2D eigenvalue weighted by atomic mass is 32.1. The number of rotatable bonds is 5. The summed E-state index contributed by atoms with van der Waals surface area (Å²) < 4.78 is 0. The van der Waals surface area contributed by atoms with E-state index >= 15 is 0 Å². The molecule has 7 heteroatoms. The smallest absolute Gasteiger partial charge is 0.307 e. The van der Waals surface area contributed by atoms with Crippen molar-refractivity contribution in [3.63, 3.8) is 0 Å². The van der Waals surface area contributed by atoms with Crippen molar-refractivity contribution >= 4 is 34.1 Å². The Bertz CT molecular complexity index is 851. The number of aliphatic carboxylic acids is 1. The van der Waals surface area contributed by atoms with E-state index in [-0.39, 0.29) is 29.7 Å². The summed E-state index contributed by atoms with van der Waals surface area (Å²) >= 11 is 1.52. The molecule has 0 aromatic carbocycles. The summed E-state index contributed by atoms with van der Waals surface area (Å²) in [6.07, 6.45) is 9.72. The third-order valence-corrected chi connectivity index (χ3v) is 8.56. The number of nitrogens with one attached hydrogen (secondary N) is 2. The highest BCUT2D eigenvalue weighted by molar-refractivity contribution is 7.17. The molecular weight excluding hydrogens is 388 g/mol. The first-order valence-electron chi connectivity index (χ1n) is 11.0. The van der Waals surface area contributed by atoms with Gasteiger partial charge in [0.25, 0.3) is 5.91 Å². The Morgan fingerprint density at radius 3 is 2.21 bits per heavy atom. The molecule has 29 heavy (non-hydrogen) atoms. The number of anilines is 1. The summed E-state index contributed by atoms with van der Waals surface area (Å²) in [5.41, 5.74) is 1.73. The van der Waals surface area contributed by atoms with Crippen molar-refractivity contribution in [2.24, 2.45) is 23.7 Å². The molecule has 1 aromatic rings. The molecule has 4 saturated carbocycles. The summed E-state index contributed by atoms with van der Waals surface area (Å²) in [7, 11) is 0. The SMILES string of the molecule is O=C(NC1CC1)c1c(NC(=O)[C@@H]2C3CCC(CC3)[C@@H]2C(=O)O)sc2c1CCCC2. The lowest BCUT2D eigenvalue weighted by Crippen LogP contribution is -2.49. The Labute approximate surface area is 174 Å². The van der Waals surface area contributed by atoms with Crippen LogP contribution in [0.3, 0.4) is 0 Å². The zero-order valence-corrected chi connectivity index (χ0v) is 17.4. The van der Waals surface area contributed by atoms with Gasteiger partial charge in [0.2, 0.25) is 5.91 Å². The van der Waals surface area contributed by atoms with Crippen molar-refractivity contribution in [2.45, 2.75) is 70.3 Å². The molecule has 3 N–H and O–H groups in total. The highest BCUT2D eigenvalue weighted by Gasteiger charge is 2.50. The van der Waals surface area contributed by atoms with Gasteiger partial charge >= 0.3 is 5.97 Å². The van der Waals surface area contributed by atoms with Crippen molar-refractivity contribution in [3.8, 4) is 0 Å². The largest absolute Gasteiger partial charge is 0.481 e. The van der Waals surface area contributed by atoms with Gasteiger partial charge < -0.3 is 15.7 Å². The van der Waals surface area contributed by atoms with Crippen LogP contribution < -0.4 is 10.6 Å². The maximum Gasteiger partial charge on any atom is 0.307 e. The zero-order valence-electron chi connectivity index (χ0n) is 16.5. The number of hydrogen-bond donors (Lipinski definition) is 3. The molecule has 6 rings (SSSR count). The Hall–Kier alpha value is -1.89. The molecule has 6 nitrogen and oxygen atoms in total. The predicted octanol–water partition coefficient (Wildman–Crippen LogP) is 3.59. The van der Waals surface area contributed by atoms with Crippen LogP contribution in [0.15, 0.2) is 0 Å². The van der Waals surface area contributed by atoms with Crippen LogP contribution in [0, 0.1) is 23.7 Å². The van der Waals surface area contributed by atoms with Gasteiger partial charge in [-0.05, 0) is 81.6 Å². The van der Waals surface area contributed by atoms with Crippen LogP contribution in [0.1, 0.15) is 72.2 Å². The zero-order chi connectivity index (χ0) is 20.1. The Morgan fingerprint density at radius 2 is 1.55 bits per heavy atom. The average Bonchev–Trinajstić information content (AvgIpc) is 3.45. The van der Waals surface area contributed by atoms with E-state index in [9.17, 15) is 19.5 Å². The first kappa shape index (κ1) is 19.1. The average molecular weight is 417 g/mol. The second kappa shape index (κ2) is 7.42. The number of carboxylic acid groups (broad SMARTS) is 1. The standard InChI is InChI=1S/C22H28N2O4S/c25-19(16-11-5-7-12(8-6-11)17(16)22(27)28)24-21-18(20(26)23-13-9-10-13)14-3-1-2-4-15(14)29-21/h11-13,16-17H,1-10H2,(H,23,26)(H,24,25)(H,27,28)/t11?,12?,16-,17+/m1/s1. The van der Waals surface area contributed by atoms with E-state index in [1.165, 1.54) is 16.2 Å². The molecule has 1 heterocycles. The molecule has 5 aliphatic carbocycles. The van der Waals surface area contributed by atoms with Gasteiger partial charge in [0.05, 0.1) is 17.4 Å². The number of carbonyl (C=O) groups excluding carboxylic acids is 2. The van der Waals surface area contributed by atoms with Gasteiger partial charge in [-0.2, -0.15) is 0 Å². The maximum atomic E-state index is 13.3. The number of fused-ring (bicyclic) bond motifs is 4. The number of carbonyl (C=O) groups is 3. The van der Waals surface area contributed by atoms with Crippen LogP contribution in [0.25, 0.3) is 0 Å².